The average Bonchev–Trinajstić information content (AvgIpc) is 2.53. The number of ether oxygens (including phenoxy) is 1. The molecule has 5 heteroatoms. The number of para-hydroxylation sites is 1. The predicted molar refractivity (Wildman–Crippen MR) is 92.1 cm³/mol. The van der Waals surface area contributed by atoms with E-state index in [1.807, 2.05) is 36.5 Å². The van der Waals surface area contributed by atoms with E-state index in [0.29, 0.717) is 0 Å². The van der Waals surface area contributed by atoms with E-state index in [9.17, 15) is 0 Å². The van der Waals surface area contributed by atoms with Crippen molar-refractivity contribution in [3.05, 3.63) is 52.6 Å². The Bertz CT molecular complexity index is 562. The Kier molecular flexibility index (Phi) is 6.54. The fourth-order valence-electron chi connectivity index (χ4n) is 2.08. The Labute approximate surface area is 138 Å². The van der Waals surface area contributed by atoms with Gasteiger partial charge in [0.05, 0.1) is 12.1 Å². The van der Waals surface area contributed by atoms with Crippen molar-refractivity contribution >= 4 is 27.7 Å². The van der Waals surface area contributed by atoms with E-state index in [-0.39, 0.29) is 6.04 Å². The molecule has 1 N–H and O–H groups in total. The first-order chi connectivity index (χ1) is 10.2. The minimum Gasteiger partial charge on any atom is -0.496 e. The van der Waals surface area contributed by atoms with Gasteiger partial charge < -0.3 is 10.1 Å². The summed E-state index contributed by atoms with van der Waals surface area (Å²) in [5, 5.41) is 4.54. The van der Waals surface area contributed by atoms with E-state index in [0.717, 1.165) is 27.5 Å². The Morgan fingerprint density at radius 3 is 2.76 bits per heavy atom. The molecule has 3 nitrogen and oxygen atoms in total. The lowest BCUT2D eigenvalue weighted by atomic mass is 10.1. The zero-order chi connectivity index (χ0) is 15.1. The molecule has 1 heterocycles. The molecule has 1 aromatic heterocycles. The van der Waals surface area contributed by atoms with Crippen molar-refractivity contribution < 1.29 is 4.74 Å². The highest BCUT2D eigenvalue weighted by molar-refractivity contribution is 9.10. The quantitative estimate of drug-likeness (QED) is 0.740. The number of aromatic nitrogens is 1. The summed E-state index contributed by atoms with van der Waals surface area (Å²) in [6, 6.07) is 12.4. The zero-order valence-corrected chi connectivity index (χ0v) is 14.6. The Morgan fingerprint density at radius 1 is 1.29 bits per heavy atom. The highest BCUT2D eigenvalue weighted by Gasteiger charge is 2.15. The molecule has 1 unspecified atom stereocenters. The molecule has 0 saturated carbocycles. The molecule has 0 bridgehead atoms. The molecule has 2 rings (SSSR count). The maximum Gasteiger partial charge on any atom is 0.123 e. The third-order valence-corrected chi connectivity index (χ3v) is 4.57. The van der Waals surface area contributed by atoms with Gasteiger partial charge in [-0.3, -0.25) is 0 Å². The minimum absolute atomic E-state index is 0.238. The summed E-state index contributed by atoms with van der Waals surface area (Å²) in [4.78, 5) is 4.40. The fourth-order valence-corrected chi connectivity index (χ4v) is 3.24. The summed E-state index contributed by atoms with van der Waals surface area (Å²) in [6.07, 6.45) is 1.83. The zero-order valence-electron chi connectivity index (χ0n) is 12.2. The predicted octanol–water partition coefficient (Wildman–Crippen LogP) is 4.30. The van der Waals surface area contributed by atoms with Gasteiger partial charge in [0.1, 0.15) is 5.75 Å². The van der Waals surface area contributed by atoms with E-state index in [1.165, 1.54) is 5.56 Å². The normalized spacial score (nSPS) is 12.1. The van der Waals surface area contributed by atoms with E-state index < -0.39 is 0 Å². The topological polar surface area (TPSA) is 34.2 Å². The van der Waals surface area contributed by atoms with Gasteiger partial charge in [-0.2, -0.15) is 0 Å². The molecule has 112 valence electrons. The second-order valence-electron chi connectivity index (χ2n) is 4.48. The highest BCUT2D eigenvalue weighted by Crippen LogP contribution is 2.29. The highest BCUT2D eigenvalue weighted by atomic mass is 79.9. The number of benzene rings is 1. The molecule has 0 amide bonds. The summed E-state index contributed by atoms with van der Waals surface area (Å²) in [5.41, 5.74) is 1.19. The van der Waals surface area contributed by atoms with Gasteiger partial charge in [0.25, 0.3) is 0 Å². The van der Waals surface area contributed by atoms with Crippen LogP contribution in [0, 0.1) is 0 Å². The Morgan fingerprint density at radius 2 is 2.10 bits per heavy atom. The van der Waals surface area contributed by atoms with Crippen LogP contribution in [0.4, 0.5) is 0 Å². The molecule has 1 atom stereocenters. The molecule has 0 radical (unpaired) electrons. The van der Waals surface area contributed by atoms with Gasteiger partial charge in [0.2, 0.25) is 0 Å². The van der Waals surface area contributed by atoms with Crippen molar-refractivity contribution in [3.8, 4) is 5.75 Å². The molecular weight excluding hydrogens is 348 g/mol. The molecule has 0 aliphatic heterocycles. The van der Waals surface area contributed by atoms with Crippen molar-refractivity contribution in [3.63, 3.8) is 0 Å². The van der Waals surface area contributed by atoms with Gasteiger partial charge in [0, 0.05) is 28.0 Å². The van der Waals surface area contributed by atoms with Gasteiger partial charge in [-0.25, -0.2) is 4.98 Å². The van der Waals surface area contributed by atoms with Crippen LogP contribution in [0.3, 0.4) is 0 Å². The first-order valence-corrected chi connectivity index (χ1v) is 8.63. The molecule has 1 aromatic carbocycles. The van der Waals surface area contributed by atoms with Crippen LogP contribution in [0.2, 0.25) is 0 Å². The maximum absolute atomic E-state index is 5.47. The smallest absolute Gasteiger partial charge is 0.123 e. The van der Waals surface area contributed by atoms with Crippen molar-refractivity contribution in [2.24, 2.45) is 0 Å². The van der Waals surface area contributed by atoms with Gasteiger partial charge in [-0.15, -0.1) is 11.8 Å². The lowest BCUT2D eigenvalue weighted by Crippen LogP contribution is -2.23. The van der Waals surface area contributed by atoms with E-state index in [4.69, 9.17) is 4.74 Å². The van der Waals surface area contributed by atoms with Gasteiger partial charge >= 0.3 is 0 Å². The SMILES string of the molecule is CCNC(CSc1ccc(Br)cn1)c1ccccc1OC. The first-order valence-electron chi connectivity index (χ1n) is 6.85. The van der Waals surface area contributed by atoms with Crippen LogP contribution in [-0.4, -0.2) is 24.4 Å². The monoisotopic (exact) mass is 366 g/mol. The lowest BCUT2D eigenvalue weighted by Gasteiger charge is -2.20. The first kappa shape index (κ1) is 16.3. The second-order valence-corrected chi connectivity index (χ2v) is 6.43. The van der Waals surface area contributed by atoms with Crippen LogP contribution in [0.15, 0.2) is 52.1 Å². The molecule has 0 aliphatic rings. The van der Waals surface area contributed by atoms with Gasteiger partial charge in [-0.1, -0.05) is 25.1 Å². The summed E-state index contributed by atoms with van der Waals surface area (Å²) < 4.78 is 6.47. The van der Waals surface area contributed by atoms with Gasteiger partial charge in [-0.05, 0) is 40.7 Å². The molecule has 21 heavy (non-hydrogen) atoms. The molecule has 0 fully saturated rings. The number of thioether (sulfide) groups is 1. The fraction of sp³-hybridized carbons (Fsp3) is 0.312. The summed E-state index contributed by atoms with van der Waals surface area (Å²) >= 11 is 5.15. The number of nitrogens with zero attached hydrogens (tertiary/aromatic N) is 1. The van der Waals surface area contributed by atoms with Crippen molar-refractivity contribution in [1.82, 2.24) is 10.3 Å². The number of methoxy groups -OCH3 is 1. The standard InChI is InChI=1S/C16H19BrN2OS/c1-3-18-14(13-6-4-5-7-15(13)20-2)11-21-16-9-8-12(17)10-19-16/h4-10,14,18H,3,11H2,1-2H3. The van der Waals surface area contributed by atoms with E-state index in [2.05, 4.69) is 39.2 Å². The largest absolute Gasteiger partial charge is 0.496 e. The van der Waals surface area contributed by atoms with Crippen LogP contribution in [0.1, 0.15) is 18.5 Å². The molecule has 0 saturated heterocycles. The number of halogens is 1. The van der Waals surface area contributed by atoms with Crippen LogP contribution < -0.4 is 10.1 Å². The molecule has 0 aliphatic carbocycles. The number of hydrogen-bond acceptors (Lipinski definition) is 4. The van der Waals surface area contributed by atoms with E-state index >= 15 is 0 Å². The average molecular weight is 367 g/mol. The third kappa shape index (κ3) is 4.73. The number of nitrogens with one attached hydrogen (secondary N) is 1. The van der Waals surface area contributed by atoms with Crippen LogP contribution >= 0.6 is 27.7 Å². The maximum atomic E-state index is 5.47. The number of hydrogen-bond donors (Lipinski definition) is 1. The molecular formula is C16H19BrN2OS. The van der Waals surface area contributed by atoms with E-state index in [1.54, 1.807) is 18.9 Å². The van der Waals surface area contributed by atoms with Crippen LogP contribution in [-0.2, 0) is 0 Å². The van der Waals surface area contributed by atoms with Gasteiger partial charge in [0.15, 0.2) is 0 Å². The van der Waals surface area contributed by atoms with Crippen LogP contribution in [0.25, 0.3) is 0 Å². The van der Waals surface area contributed by atoms with Crippen molar-refractivity contribution in [2.45, 2.75) is 18.0 Å². The number of rotatable bonds is 7. The minimum atomic E-state index is 0.238. The third-order valence-electron chi connectivity index (χ3n) is 3.06. The number of pyridine rings is 1. The van der Waals surface area contributed by atoms with Crippen LogP contribution in [0.5, 0.6) is 5.75 Å². The van der Waals surface area contributed by atoms with Crippen molar-refractivity contribution in [2.75, 3.05) is 19.4 Å². The summed E-state index contributed by atoms with van der Waals surface area (Å²) in [7, 11) is 1.71. The summed E-state index contributed by atoms with van der Waals surface area (Å²) in [5.74, 6) is 1.83. The molecule has 2 aromatic rings. The second kappa shape index (κ2) is 8.41. The Balaban J connectivity index is 2.10. The van der Waals surface area contributed by atoms with Crippen molar-refractivity contribution in [1.29, 1.82) is 0 Å². The summed E-state index contributed by atoms with van der Waals surface area (Å²) in [6.45, 7) is 3.03. The lowest BCUT2D eigenvalue weighted by molar-refractivity contribution is 0.403. The molecule has 0 spiro atoms. The Hall–Kier alpha value is -1.04.